The van der Waals surface area contributed by atoms with E-state index in [4.69, 9.17) is 9.47 Å². The van der Waals surface area contributed by atoms with Crippen LogP contribution in [0.2, 0.25) is 0 Å². The molecule has 0 aromatic rings. The number of aliphatic hydroxyl groups is 5. The zero-order valence-corrected chi connectivity index (χ0v) is 24.0. The van der Waals surface area contributed by atoms with Gasteiger partial charge in [-0.3, -0.25) is 9.59 Å². The SMILES string of the molecule is CC(=O)O[C@H]1[C@H](O)[C@](O)(C(C)[C@@H]2CC(C)=C(C)C(=O)O2)[C@@]2(C)CC[C@H]3[C@@H](C[C@@H](O)[C@@]4(O)CC=CC(=O)[C@]34C)[C@@]12O. The summed E-state index contributed by atoms with van der Waals surface area (Å²) in [5.41, 5.74) is -7.68. The van der Waals surface area contributed by atoms with Crippen molar-refractivity contribution in [2.45, 2.75) is 115 Å². The molecule has 0 saturated heterocycles. The number of hydrogen-bond donors (Lipinski definition) is 5. The number of ether oxygens (including phenoxy) is 2. The van der Waals surface area contributed by atoms with Crippen LogP contribution >= 0.6 is 0 Å². The number of carbonyl (C=O) groups is 3. The van der Waals surface area contributed by atoms with E-state index in [0.29, 0.717) is 12.0 Å². The second-order valence-electron chi connectivity index (χ2n) is 13.4. The number of esters is 2. The van der Waals surface area contributed by atoms with Crippen molar-refractivity contribution in [1.29, 1.82) is 0 Å². The summed E-state index contributed by atoms with van der Waals surface area (Å²) in [5, 5.41) is 60.2. The Kier molecular flexibility index (Phi) is 6.57. The molecule has 0 aromatic carbocycles. The van der Waals surface area contributed by atoms with Crippen molar-refractivity contribution in [2.75, 3.05) is 0 Å². The molecule has 1 heterocycles. The molecule has 40 heavy (non-hydrogen) atoms. The average molecular weight is 563 g/mol. The number of rotatable bonds is 3. The van der Waals surface area contributed by atoms with Gasteiger partial charge in [-0.1, -0.05) is 25.5 Å². The van der Waals surface area contributed by atoms with E-state index in [1.165, 1.54) is 6.08 Å². The largest absolute Gasteiger partial charge is 0.458 e. The van der Waals surface area contributed by atoms with Gasteiger partial charge in [0, 0.05) is 30.3 Å². The summed E-state index contributed by atoms with van der Waals surface area (Å²) >= 11 is 0. The summed E-state index contributed by atoms with van der Waals surface area (Å²) in [4.78, 5) is 38.3. The molecule has 5 aliphatic rings. The van der Waals surface area contributed by atoms with Crippen molar-refractivity contribution in [2.24, 2.45) is 28.6 Å². The molecule has 0 amide bonds. The third-order valence-electron chi connectivity index (χ3n) is 12.1. The Morgan fingerprint density at radius 3 is 2.38 bits per heavy atom. The van der Waals surface area contributed by atoms with Gasteiger partial charge in [0.25, 0.3) is 0 Å². The zero-order valence-electron chi connectivity index (χ0n) is 24.0. The maximum atomic E-state index is 13.4. The fourth-order valence-electron chi connectivity index (χ4n) is 9.37. The highest BCUT2D eigenvalue weighted by Gasteiger charge is 2.83. The predicted octanol–water partition coefficient (Wildman–Crippen LogP) is 1.11. The summed E-state index contributed by atoms with van der Waals surface area (Å²) in [7, 11) is 0. The molecule has 0 radical (unpaired) electrons. The minimum Gasteiger partial charge on any atom is -0.458 e. The Bertz CT molecular complexity index is 1210. The molecule has 10 heteroatoms. The molecule has 1 aliphatic heterocycles. The summed E-state index contributed by atoms with van der Waals surface area (Å²) in [6.45, 7) is 9.48. The second-order valence-corrected chi connectivity index (χ2v) is 13.4. The van der Waals surface area contributed by atoms with Crippen LogP contribution in [0.4, 0.5) is 0 Å². The first-order valence-electron chi connectivity index (χ1n) is 14.2. The lowest BCUT2D eigenvalue weighted by Crippen LogP contribution is -2.75. The quantitative estimate of drug-likeness (QED) is 0.314. The van der Waals surface area contributed by atoms with Gasteiger partial charge in [-0.05, 0) is 64.4 Å². The minimum atomic E-state index is -2.10. The lowest BCUT2D eigenvalue weighted by molar-refractivity contribution is -0.292. The van der Waals surface area contributed by atoms with Gasteiger partial charge in [0.15, 0.2) is 11.9 Å². The zero-order chi connectivity index (χ0) is 29.8. The van der Waals surface area contributed by atoms with Crippen molar-refractivity contribution >= 4 is 17.7 Å². The highest BCUT2D eigenvalue weighted by Crippen LogP contribution is 2.71. The van der Waals surface area contributed by atoms with Gasteiger partial charge < -0.3 is 35.0 Å². The number of ketones is 1. The first-order chi connectivity index (χ1) is 18.4. The maximum Gasteiger partial charge on any atom is 0.333 e. The van der Waals surface area contributed by atoms with Crippen molar-refractivity contribution in [1.82, 2.24) is 0 Å². The van der Waals surface area contributed by atoms with Gasteiger partial charge in [-0.2, -0.15) is 0 Å². The topological polar surface area (TPSA) is 171 Å². The molecule has 5 N–H and O–H groups in total. The van der Waals surface area contributed by atoms with Crippen molar-refractivity contribution < 1.29 is 49.4 Å². The van der Waals surface area contributed by atoms with Crippen LogP contribution < -0.4 is 0 Å². The third kappa shape index (κ3) is 3.25. The molecule has 12 atom stereocenters. The lowest BCUT2D eigenvalue weighted by Gasteiger charge is -2.66. The molecular formula is C30H42O10. The molecule has 10 nitrogen and oxygen atoms in total. The van der Waals surface area contributed by atoms with Gasteiger partial charge in [0.1, 0.15) is 29.0 Å². The Balaban J connectivity index is 1.65. The monoisotopic (exact) mass is 562 g/mol. The van der Waals surface area contributed by atoms with E-state index in [2.05, 4.69) is 0 Å². The van der Waals surface area contributed by atoms with Crippen LogP contribution in [-0.4, -0.2) is 84.5 Å². The van der Waals surface area contributed by atoms with Crippen LogP contribution in [0.15, 0.2) is 23.3 Å². The molecule has 0 aromatic heterocycles. The molecular weight excluding hydrogens is 520 g/mol. The van der Waals surface area contributed by atoms with E-state index in [1.807, 2.05) is 0 Å². The van der Waals surface area contributed by atoms with E-state index >= 15 is 0 Å². The first kappa shape index (κ1) is 29.4. The number of carbonyl (C=O) groups excluding carboxylic acids is 3. The maximum absolute atomic E-state index is 13.4. The van der Waals surface area contributed by atoms with Crippen LogP contribution in [0, 0.1) is 28.6 Å². The Labute approximate surface area is 234 Å². The molecule has 3 saturated carbocycles. The number of hydrogen-bond acceptors (Lipinski definition) is 10. The van der Waals surface area contributed by atoms with Crippen molar-refractivity contribution in [3.63, 3.8) is 0 Å². The normalized spacial score (nSPS) is 51.0. The lowest BCUT2D eigenvalue weighted by atomic mass is 9.41. The summed E-state index contributed by atoms with van der Waals surface area (Å²) in [6.07, 6.45) is -2.06. The predicted molar refractivity (Wildman–Crippen MR) is 140 cm³/mol. The second kappa shape index (κ2) is 8.94. The molecule has 3 fully saturated rings. The van der Waals surface area contributed by atoms with E-state index < -0.39 is 81.7 Å². The van der Waals surface area contributed by atoms with E-state index in [1.54, 1.807) is 40.7 Å². The van der Waals surface area contributed by atoms with Crippen LogP contribution in [0.3, 0.4) is 0 Å². The molecule has 0 bridgehead atoms. The van der Waals surface area contributed by atoms with Crippen LogP contribution in [0.5, 0.6) is 0 Å². The number of fused-ring (bicyclic) bond motifs is 5. The fraction of sp³-hybridized carbons (Fsp3) is 0.767. The third-order valence-corrected chi connectivity index (χ3v) is 12.1. The van der Waals surface area contributed by atoms with Crippen molar-refractivity contribution in [3.8, 4) is 0 Å². The number of aliphatic hydroxyl groups excluding tert-OH is 2. The Hall–Kier alpha value is -2.11. The molecule has 4 aliphatic carbocycles. The smallest absolute Gasteiger partial charge is 0.333 e. The highest BCUT2D eigenvalue weighted by atomic mass is 16.6. The van der Waals surface area contributed by atoms with E-state index in [0.717, 1.165) is 12.5 Å². The number of allylic oxidation sites excluding steroid dienone is 1. The van der Waals surface area contributed by atoms with Crippen molar-refractivity contribution in [3.05, 3.63) is 23.3 Å². The molecule has 5 rings (SSSR count). The van der Waals surface area contributed by atoms with Crippen LogP contribution in [0.1, 0.15) is 73.6 Å². The van der Waals surface area contributed by atoms with Gasteiger partial charge in [0.2, 0.25) is 0 Å². The summed E-state index contributed by atoms with van der Waals surface area (Å²) in [5.74, 6) is -4.17. The average Bonchev–Trinajstić information content (AvgIpc) is 3.01. The number of cyclic esters (lactones) is 1. The standard InChI is InChI=1S/C30H42O10/c1-14-12-20(40-25(35)15(14)2)16(3)29(37)23(34)24(39-17(4)31)30(38)19-13-22(33)28(36)10-7-8-21(32)27(28,6)18(19)9-11-26(29,30)5/h7-8,16,18-20,22-24,33-34,36-38H,9-13H2,1-6H3/t16?,18-,19+,20-,22+,23-,24-,26+,27-,28-,29+,30+/m0/s1. The van der Waals surface area contributed by atoms with E-state index in [9.17, 15) is 39.9 Å². The highest BCUT2D eigenvalue weighted by molar-refractivity contribution is 5.97. The Morgan fingerprint density at radius 1 is 1.12 bits per heavy atom. The Morgan fingerprint density at radius 2 is 1.77 bits per heavy atom. The fourth-order valence-corrected chi connectivity index (χ4v) is 9.37. The molecule has 1 unspecified atom stereocenters. The summed E-state index contributed by atoms with van der Waals surface area (Å²) < 4.78 is 11.3. The summed E-state index contributed by atoms with van der Waals surface area (Å²) in [6, 6.07) is 0. The van der Waals surface area contributed by atoms with Gasteiger partial charge >= 0.3 is 11.9 Å². The van der Waals surface area contributed by atoms with Gasteiger partial charge in [0.05, 0.1) is 11.5 Å². The van der Waals surface area contributed by atoms with Crippen LogP contribution in [-0.2, 0) is 23.9 Å². The van der Waals surface area contributed by atoms with Gasteiger partial charge in [-0.15, -0.1) is 0 Å². The van der Waals surface area contributed by atoms with Crippen LogP contribution in [0.25, 0.3) is 0 Å². The molecule has 0 spiro atoms. The van der Waals surface area contributed by atoms with E-state index in [-0.39, 0.29) is 31.5 Å². The van der Waals surface area contributed by atoms with Gasteiger partial charge in [-0.25, -0.2) is 4.79 Å². The first-order valence-corrected chi connectivity index (χ1v) is 14.2. The minimum absolute atomic E-state index is 0.0611. The molecule has 222 valence electrons.